The van der Waals surface area contributed by atoms with E-state index in [2.05, 4.69) is 4.72 Å². The van der Waals surface area contributed by atoms with Crippen LogP contribution in [0.4, 0.5) is 5.69 Å². The number of hydrogen-bond acceptors (Lipinski definition) is 5. The van der Waals surface area contributed by atoms with E-state index >= 15 is 0 Å². The van der Waals surface area contributed by atoms with Crippen LogP contribution in [-0.4, -0.2) is 75.5 Å². The third kappa shape index (κ3) is 5.21. The Morgan fingerprint density at radius 3 is 1.88 bits per heavy atom. The fraction of sp³-hybridized carbons (Fsp3) is 0.409. The van der Waals surface area contributed by atoms with Crippen molar-refractivity contribution in [1.82, 2.24) is 13.5 Å². The smallest absolute Gasteiger partial charge is 0.282 e. The van der Waals surface area contributed by atoms with Gasteiger partial charge in [0.15, 0.2) is 0 Å². The van der Waals surface area contributed by atoms with E-state index in [1.165, 1.54) is 32.9 Å². The first-order chi connectivity index (χ1) is 15.7. The molecule has 0 saturated carbocycles. The number of nitrogens with zero attached hydrogens (tertiary/aromatic N) is 3. The van der Waals surface area contributed by atoms with E-state index < -0.39 is 20.2 Å². The summed E-state index contributed by atoms with van der Waals surface area (Å²) in [6.45, 7) is 4.10. The molecule has 2 aromatic carbocycles. The van der Waals surface area contributed by atoms with Crippen molar-refractivity contribution in [2.45, 2.75) is 24.7 Å². The Morgan fingerprint density at radius 2 is 1.30 bits per heavy atom. The molecule has 2 saturated heterocycles. The molecule has 9 nitrogen and oxygen atoms in total. The van der Waals surface area contributed by atoms with E-state index in [0.717, 1.165) is 18.4 Å². The van der Waals surface area contributed by atoms with Gasteiger partial charge in [0, 0.05) is 50.5 Å². The zero-order valence-electron chi connectivity index (χ0n) is 18.5. The van der Waals surface area contributed by atoms with E-state index in [1.807, 2.05) is 19.1 Å². The largest absolute Gasteiger partial charge is 0.336 e. The molecule has 0 spiro atoms. The minimum atomic E-state index is -3.78. The van der Waals surface area contributed by atoms with Crippen molar-refractivity contribution in [3.8, 4) is 0 Å². The maximum atomic E-state index is 12.9. The molecule has 2 fully saturated rings. The molecule has 0 unspecified atom stereocenters. The van der Waals surface area contributed by atoms with Gasteiger partial charge in [-0.2, -0.15) is 17.0 Å². The van der Waals surface area contributed by atoms with Crippen LogP contribution in [0.3, 0.4) is 0 Å². The van der Waals surface area contributed by atoms with Crippen LogP contribution >= 0.6 is 0 Å². The van der Waals surface area contributed by atoms with Gasteiger partial charge in [0.1, 0.15) is 0 Å². The maximum Gasteiger partial charge on any atom is 0.282 e. The van der Waals surface area contributed by atoms with Gasteiger partial charge in [0.05, 0.1) is 4.90 Å². The zero-order valence-corrected chi connectivity index (χ0v) is 20.1. The minimum absolute atomic E-state index is 0.0566. The zero-order chi connectivity index (χ0) is 23.6. The van der Waals surface area contributed by atoms with Crippen molar-refractivity contribution in [3.63, 3.8) is 0 Å². The van der Waals surface area contributed by atoms with Gasteiger partial charge < -0.3 is 4.90 Å². The lowest BCUT2D eigenvalue weighted by Gasteiger charge is -2.35. The molecule has 0 radical (unpaired) electrons. The number of hydrogen-bond donors (Lipinski definition) is 1. The Hall–Kier alpha value is -2.47. The summed E-state index contributed by atoms with van der Waals surface area (Å²) in [6, 6.07) is 12.8. The first-order valence-corrected chi connectivity index (χ1v) is 13.8. The molecular weight excluding hydrogens is 464 g/mol. The van der Waals surface area contributed by atoms with Crippen LogP contribution in [0.5, 0.6) is 0 Å². The molecule has 2 heterocycles. The van der Waals surface area contributed by atoms with Crippen LogP contribution in [0.2, 0.25) is 0 Å². The van der Waals surface area contributed by atoms with Gasteiger partial charge in [-0.25, -0.2) is 8.42 Å². The van der Waals surface area contributed by atoms with Gasteiger partial charge >= 0.3 is 0 Å². The highest BCUT2D eigenvalue weighted by Crippen LogP contribution is 2.20. The molecule has 1 N–H and O–H groups in total. The molecule has 0 aromatic heterocycles. The number of aryl methyl sites for hydroxylation is 1. The van der Waals surface area contributed by atoms with Gasteiger partial charge in [-0.3, -0.25) is 9.52 Å². The third-order valence-corrected chi connectivity index (χ3v) is 9.39. The molecule has 11 heteroatoms. The number of sulfonamides is 1. The predicted molar refractivity (Wildman–Crippen MR) is 126 cm³/mol. The molecule has 0 bridgehead atoms. The first kappa shape index (κ1) is 23.7. The van der Waals surface area contributed by atoms with Crippen molar-refractivity contribution in [2.75, 3.05) is 44.0 Å². The lowest BCUT2D eigenvalue weighted by atomic mass is 10.2. The van der Waals surface area contributed by atoms with Gasteiger partial charge in [-0.1, -0.05) is 17.7 Å². The van der Waals surface area contributed by atoms with E-state index in [4.69, 9.17) is 0 Å². The summed E-state index contributed by atoms with van der Waals surface area (Å²) < 4.78 is 56.1. The van der Waals surface area contributed by atoms with Crippen molar-refractivity contribution in [3.05, 3.63) is 59.7 Å². The SMILES string of the molecule is Cc1ccc(NS(=O)(=O)c2ccc(C(=O)N3CCN(S(=O)(=O)N4CCCC4)CC3)cc2)cc1. The number of rotatable bonds is 6. The minimum Gasteiger partial charge on any atom is -0.336 e. The highest BCUT2D eigenvalue weighted by molar-refractivity contribution is 7.92. The van der Waals surface area contributed by atoms with E-state index in [0.29, 0.717) is 37.4 Å². The van der Waals surface area contributed by atoms with Crippen molar-refractivity contribution in [1.29, 1.82) is 0 Å². The van der Waals surface area contributed by atoms with Crippen LogP contribution < -0.4 is 4.72 Å². The van der Waals surface area contributed by atoms with Crippen LogP contribution in [0.15, 0.2) is 53.4 Å². The summed E-state index contributed by atoms with van der Waals surface area (Å²) in [5, 5.41) is 0. The fourth-order valence-electron chi connectivity index (χ4n) is 4.00. The monoisotopic (exact) mass is 492 g/mol. The Labute approximate surface area is 195 Å². The predicted octanol–water partition coefficient (Wildman–Crippen LogP) is 1.89. The average Bonchev–Trinajstić information content (AvgIpc) is 3.36. The van der Waals surface area contributed by atoms with E-state index in [1.54, 1.807) is 17.0 Å². The highest BCUT2D eigenvalue weighted by atomic mass is 32.2. The first-order valence-electron chi connectivity index (χ1n) is 10.9. The topological polar surface area (TPSA) is 107 Å². The molecule has 33 heavy (non-hydrogen) atoms. The summed E-state index contributed by atoms with van der Waals surface area (Å²) in [4.78, 5) is 14.5. The van der Waals surface area contributed by atoms with Crippen molar-refractivity contribution < 1.29 is 21.6 Å². The van der Waals surface area contributed by atoms with Gasteiger partial charge in [0.25, 0.3) is 26.1 Å². The molecule has 2 aliphatic rings. The number of nitrogens with one attached hydrogen (secondary N) is 1. The van der Waals surface area contributed by atoms with Crippen LogP contribution in [0.25, 0.3) is 0 Å². The van der Waals surface area contributed by atoms with Crippen LogP contribution in [-0.2, 0) is 20.2 Å². The van der Waals surface area contributed by atoms with Crippen LogP contribution in [0.1, 0.15) is 28.8 Å². The Kier molecular flexibility index (Phi) is 6.76. The Bertz CT molecular complexity index is 1200. The normalized spacial score (nSPS) is 18.4. The second kappa shape index (κ2) is 9.41. The summed E-state index contributed by atoms with van der Waals surface area (Å²) >= 11 is 0. The molecule has 4 rings (SSSR count). The Morgan fingerprint density at radius 1 is 0.758 bits per heavy atom. The summed E-state index contributed by atoms with van der Waals surface area (Å²) in [5.74, 6) is -0.247. The molecule has 178 valence electrons. The van der Waals surface area contributed by atoms with Crippen LogP contribution in [0, 0.1) is 6.92 Å². The van der Waals surface area contributed by atoms with Gasteiger partial charge in [-0.15, -0.1) is 0 Å². The molecule has 0 atom stereocenters. The lowest BCUT2D eigenvalue weighted by Crippen LogP contribution is -2.53. The molecule has 2 aliphatic heterocycles. The van der Waals surface area contributed by atoms with Gasteiger partial charge in [0.2, 0.25) is 0 Å². The molecular formula is C22H28N4O5S2. The highest BCUT2D eigenvalue weighted by Gasteiger charge is 2.34. The number of anilines is 1. The fourth-order valence-corrected chi connectivity index (χ4v) is 6.73. The standard InChI is InChI=1S/C22H28N4O5S2/c1-18-4-8-20(9-5-18)23-32(28,29)21-10-6-19(7-11-21)22(27)24-14-16-26(17-15-24)33(30,31)25-12-2-3-13-25/h4-11,23H,2-3,12-17H2,1H3. The van der Waals surface area contributed by atoms with Crippen molar-refractivity contribution >= 4 is 31.8 Å². The quantitative estimate of drug-likeness (QED) is 0.663. The average molecular weight is 493 g/mol. The molecule has 2 aromatic rings. The van der Waals surface area contributed by atoms with Gasteiger partial charge in [-0.05, 0) is 56.2 Å². The van der Waals surface area contributed by atoms with E-state index in [-0.39, 0.29) is 23.9 Å². The number of piperazine rings is 1. The number of benzene rings is 2. The number of amides is 1. The molecule has 1 amide bonds. The summed E-state index contributed by atoms with van der Waals surface area (Å²) in [5.41, 5.74) is 1.85. The summed E-state index contributed by atoms with van der Waals surface area (Å²) in [7, 11) is -7.25. The lowest BCUT2D eigenvalue weighted by molar-refractivity contribution is 0.0694. The second-order valence-corrected chi connectivity index (χ2v) is 11.9. The van der Waals surface area contributed by atoms with E-state index in [9.17, 15) is 21.6 Å². The maximum absolute atomic E-state index is 12.9. The Balaban J connectivity index is 1.38. The summed E-state index contributed by atoms with van der Waals surface area (Å²) in [6.07, 6.45) is 1.76. The van der Waals surface area contributed by atoms with Crippen molar-refractivity contribution in [2.24, 2.45) is 0 Å². The molecule has 0 aliphatic carbocycles. The number of carbonyl (C=O) groups is 1. The third-order valence-electron chi connectivity index (χ3n) is 5.96. The second-order valence-electron chi connectivity index (χ2n) is 8.30. The number of carbonyl (C=O) groups excluding carboxylic acids is 1.